The lowest BCUT2D eigenvalue weighted by molar-refractivity contribution is -0.384. The summed E-state index contributed by atoms with van der Waals surface area (Å²) in [6, 6.07) is 15.5. The molecule has 8 heteroatoms. The Kier molecular flexibility index (Phi) is 5.43. The molecule has 0 unspecified atom stereocenters. The molecule has 160 valence electrons. The summed E-state index contributed by atoms with van der Waals surface area (Å²) < 4.78 is 16.5. The third-order valence-electron chi connectivity index (χ3n) is 4.97. The average molecular weight is 431 g/mol. The van der Waals surface area contributed by atoms with Crippen molar-refractivity contribution in [2.24, 2.45) is 0 Å². The highest BCUT2D eigenvalue weighted by Gasteiger charge is 2.30. The number of benzene rings is 3. The first-order chi connectivity index (χ1) is 15.4. The van der Waals surface area contributed by atoms with E-state index in [1.165, 1.54) is 49.6 Å². The van der Waals surface area contributed by atoms with Crippen molar-refractivity contribution in [3.63, 3.8) is 0 Å². The van der Waals surface area contributed by atoms with Gasteiger partial charge in [-0.05, 0) is 55.0 Å². The predicted octanol–water partition coefficient (Wildman–Crippen LogP) is 4.75. The number of nitro groups is 1. The van der Waals surface area contributed by atoms with Crippen molar-refractivity contribution in [3.05, 3.63) is 98.8 Å². The van der Waals surface area contributed by atoms with Crippen LogP contribution < -0.4 is 14.2 Å². The Morgan fingerprint density at radius 3 is 2.44 bits per heavy atom. The Bertz CT molecular complexity index is 1280. The molecule has 0 spiro atoms. The maximum atomic E-state index is 12.7. The molecule has 3 aromatic rings. The molecule has 0 atom stereocenters. The minimum absolute atomic E-state index is 0.0496. The number of esters is 1. The number of fused-ring (bicyclic) bond motifs is 1. The van der Waals surface area contributed by atoms with Crippen molar-refractivity contribution in [3.8, 4) is 17.2 Å². The Labute approximate surface area is 182 Å². The first-order valence-corrected chi connectivity index (χ1v) is 9.56. The number of ketones is 1. The maximum Gasteiger partial charge on any atom is 0.347 e. The molecule has 32 heavy (non-hydrogen) atoms. The van der Waals surface area contributed by atoms with Crippen LogP contribution in [0.4, 0.5) is 5.69 Å². The van der Waals surface area contributed by atoms with Crippen LogP contribution >= 0.6 is 0 Å². The largest absolute Gasteiger partial charge is 0.496 e. The Hall–Kier alpha value is -4.46. The lowest BCUT2D eigenvalue weighted by Crippen LogP contribution is -2.11. The Balaban J connectivity index is 1.59. The van der Waals surface area contributed by atoms with Gasteiger partial charge in [-0.15, -0.1) is 0 Å². The number of ether oxygens (including phenoxy) is 3. The van der Waals surface area contributed by atoms with Crippen LogP contribution in [0.5, 0.6) is 17.2 Å². The number of nitrogens with zero attached hydrogens (tertiary/aromatic N) is 1. The zero-order valence-corrected chi connectivity index (χ0v) is 17.2. The van der Waals surface area contributed by atoms with Crippen molar-refractivity contribution in [1.82, 2.24) is 0 Å². The molecule has 0 radical (unpaired) electrons. The van der Waals surface area contributed by atoms with Gasteiger partial charge in [0.1, 0.15) is 22.8 Å². The summed E-state index contributed by atoms with van der Waals surface area (Å²) in [7, 11) is 1.46. The monoisotopic (exact) mass is 431 g/mol. The lowest BCUT2D eigenvalue weighted by Gasteiger charge is -2.11. The van der Waals surface area contributed by atoms with Crippen LogP contribution in [-0.2, 0) is 0 Å². The fraction of sp³-hybridized carbons (Fsp3) is 0.0833. The number of methoxy groups -OCH3 is 1. The van der Waals surface area contributed by atoms with Crippen LogP contribution in [0.1, 0.15) is 31.8 Å². The van der Waals surface area contributed by atoms with E-state index in [1.54, 1.807) is 31.2 Å². The van der Waals surface area contributed by atoms with Gasteiger partial charge in [0.2, 0.25) is 5.78 Å². The van der Waals surface area contributed by atoms with Gasteiger partial charge in [0.15, 0.2) is 5.76 Å². The lowest BCUT2D eigenvalue weighted by atomic mass is 10.1. The van der Waals surface area contributed by atoms with Gasteiger partial charge < -0.3 is 14.2 Å². The van der Waals surface area contributed by atoms with Crippen molar-refractivity contribution in [1.29, 1.82) is 0 Å². The summed E-state index contributed by atoms with van der Waals surface area (Å²) in [6.45, 7) is 1.69. The van der Waals surface area contributed by atoms with Crippen LogP contribution in [0.2, 0.25) is 0 Å². The summed E-state index contributed by atoms with van der Waals surface area (Å²) >= 11 is 0. The minimum atomic E-state index is -0.600. The van der Waals surface area contributed by atoms with E-state index in [1.807, 2.05) is 0 Å². The fourth-order valence-corrected chi connectivity index (χ4v) is 3.29. The van der Waals surface area contributed by atoms with E-state index in [-0.39, 0.29) is 28.5 Å². The summed E-state index contributed by atoms with van der Waals surface area (Å²) in [5.74, 6) is 0.0827. The molecule has 0 saturated carbocycles. The molecule has 8 nitrogen and oxygen atoms in total. The second-order valence-electron chi connectivity index (χ2n) is 6.94. The van der Waals surface area contributed by atoms with Crippen molar-refractivity contribution < 1.29 is 28.7 Å². The molecule has 1 aliphatic rings. The first kappa shape index (κ1) is 20.8. The van der Waals surface area contributed by atoms with E-state index in [0.29, 0.717) is 28.2 Å². The molecule has 0 fully saturated rings. The number of Topliss-reactive ketones (excluding diaryl/α,β-unsaturated/α-hetero) is 1. The number of carbonyl (C=O) groups excluding carboxylic acids is 2. The van der Waals surface area contributed by atoms with E-state index in [0.717, 1.165) is 0 Å². The van der Waals surface area contributed by atoms with Gasteiger partial charge in [-0.3, -0.25) is 14.9 Å². The number of hydrogen-bond acceptors (Lipinski definition) is 7. The average Bonchev–Trinajstić information content (AvgIpc) is 3.12. The smallest absolute Gasteiger partial charge is 0.347 e. The van der Waals surface area contributed by atoms with Crippen LogP contribution in [0.15, 0.2) is 66.4 Å². The number of carbonyl (C=O) groups is 2. The highest BCUT2D eigenvalue weighted by atomic mass is 16.6. The minimum Gasteiger partial charge on any atom is -0.496 e. The number of rotatable bonds is 5. The number of allylic oxidation sites excluding steroid dienone is 1. The van der Waals surface area contributed by atoms with Crippen LogP contribution in [0.25, 0.3) is 6.08 Å². The topological polar surface area (TPSA) is 105 Å². The quantitative estimate of drug-likeness (QED) is 0.189. The molecule has 0 N–H and O–H groups in total. The number of para-hydroxylation sites is 1. The van der Waals surface area contributed by atoms with Gasteiger partial charge in [0, 0.05) is 17.7 Å². The highest BCUT2D eigenvalue weighted by Crippen LogP contribution is 2.39. The summed E-state index contributed by atoms with van der Waals surface area (Å²) in [5.41, 5.74) is 1.63. The summed E-state index contributed by atoms with van der Waals surface area (Å²) in [4.78, 5) is 35.7. The number of non-ortho nitro benzene ring substituents is 1. The Morgan fingerprint density at radius 1 is 1.03 bits per heavy atom. The molecule has 0 saturated heterocycles. The zero-order valence-electron chi connectivity index (χ0n) is 17.2. The van der Waals surface area contributed by atoms with Gasteiger partial charge in [-0.2, -0.15) is 0 Å². The normalized spacial score (nSPS) is 13.4. The van der Waals surface area contributed by atoms with Gasteiger partial charge in [-0.1, -0.05) is 12.1 Å². The van der Waals surface area contributed by atoms with Crippen LogP contribution in [0, 0.1) is 17.0 Å². The van der Waals surface area contributed by atoms with Gasteiger partial charge >= 0.3 is 5.97 Å². The third kappa shape index (κ3) is 3.81. The second-order valence-corrected chi connectivity index (χ2v) is 6.94. The van der Waals surface area contributed by atoms with Gasteiger partial charge in [-0.25, -0.2) is 4.79 Å². The fourth-order valence-electron chi connectivity index (χ4n) is 3.29. The Morgan fingerprint density at radius 2 is 1.75 bits per heavy atom. The molecular weight excluding hydrogens is 414 g/mol. The highest BCUT2D eigenvalue weighted by molar-refractivity contribution is 6.15. The molecule has 1 heterocycles. The maximum absolute atomic E-state index is 12.7. The summed E-state index contributed by atoms with van der Waals surface area (Å²) in [5, 5.41) is 10.8. The van der Waals surface area contributed by atoms with Crippen LogP contribution in [0.3, 0.4) is 0 Å². The van der Waals surface area contributed by atoms with Gasteiger partial charge in [0.25, 0.3) is 5.69 Å². The van der Waals surface area contributed by atoms with Crippen molar-refractivity contribution >= 4 is 23.5 Å². The number of nitro benzene ring substituents is 1. The SMILES string of the molecule is COc1ccccc1C(=O)Oc1ccc2c(c1C)O/C(=C\c1ccc([N+](=O)[O-])cc1)C2=O. The van der Waals surface area contributed by atoms with E-state index >= 15 is 0 Å². The molecule has 0 aliphatic carbocycles. The van der Waals surface area contributed by atoms with Crippen molar-refractivity contribution in [2.45, 2.75) is 6.92 Å². The predicted molar refractivity (Wildman–Crippen MR) is 115 cm³/mol. The zero-order chi connectivity index (χ0) is 22.8. The third-order valence-corrected chi connectivity index (χ3v) is 4.97. The molecule has 3 aromatic carbocycles. The summed E-state index contributed by atoms with van der Waals surface area (Å²) in [6.07, 6.45) is 1.51. The van der Waals surface area contributed by atoms with Crippen molar-refractivity contribution in [2.75, 3.05) is 7.11 Å². The molecule has 1 aliphatic heterocycles. The standard InChI is InChI=1S/C24H17NO7/c1-14-19(32-24(27)17-5-3-4-6-20(17)30-2)12-11-18-22(26)21(31-23(14)18)13-15-7-9-16(10-8-15)25(28)29/h3-13H,1-2H3/b21-13-. The second kappa shape index (κ2) is 8.35. The first-order valence-electron chi connectivity index (χ1n) is 9.56. The molecular formula is C24H17NO7. The van der Waals surface area contributed by atoms with Gasteiger partial charge in [0.05, 0.1) is 17.6 Å². The molecule has 0 aromatic heterocycles. The molecule has 0 amide bonds. The van der Waals surface area contributed by atoms with E-state index in [4.69, 9.17) is 14.2 Å². The number of hydrogen-bond donors (Lipinski definition) is 0. The van der Waals surface area contributed by atoms with E-state index < -0.39 is 10.9 Å². The van der Waals surface area contributed by atoms with E-state index in [2.05, 4.69) is 0 Å². The molecule has 0 bridgehead atoms. The van der Waals surface area contributed by atoms with Crippen LogP contribution in [-0.4, -0.2) is 23.8 Å². The van der Waals surface area contributed by atoms with E-state index in [9.17, 15) is 19.7 Å². The molecule has 4 rings (SSSR count).